The number of aromatic nitrogens is 1. The monoisotopic (exact) mass is 940 g/mol. The minimum atomic E-state index is -2.55. The summed E-state index contributed by atoms with van der Waals surface area (Å²) in [6.45, 7) is 9.50. The van der Waals surface area contributed by atoms with E-state index in [9.17, 15) is 39.3 Å². The molecule has 3 fully saturated rings. The second kappa shape index (κ2) is 25.1. The van der Waals surface area contributed by atoms with Crippen LogP contribution in [-0.2, 0) is 54.2 Å². The number of piperidine rings is 1. The van der Waals surface area contributed by atoms with E-state index in [-0.39, 0.29) is 74.6 Å². The second-order valence-electron chi connectivity index (χ2n) is 19.7. The molecule has 1 aromatic heterocycles. The molecular formula is C51H77N3O13. The number of nitrogens with one attached hydrogen (secondary N) is 1. The van der Waals surface area contributed by atoms with Gasteiger partial charge in [-0.1, -0.05) is 45.9 Å². The Morgan fingerprint density at radius 1 is 0.925 bits per heavy atom. The summed E-state index contributed by atoms with van der Waals surface area (Å²) in [5, 5.41) is 37.5. The quantitative estimate of drug-likeness (QED) is 0.131. The van der Waals surface area contributed by atoms with Crippen molar-refractivity contribution >= 4 is 29.4 Å². The predicted octanol–water partition coefficient (Wildman–Crippen LogP) is 4.94. The molecule has 0 spiro atoms. The lowest BCUT2D eigenvalue weighted by Gasteiger charge is -2.47. The van der Waals surface area contributed by atoms with E-state index in [1.807, 2.05) is 38.1 Å². The lowest BCUT2D eigenvalue weighted by molar-refractivity contribution is -0.302. The van der Waals surface area contributed by atoms with Crippen molar-refractivity contribution in [3.63, 3.8) is 0 Å². The molecule has 5 rings (SSSR count). The van der Waals surface area contributed by atoms with Crippen LogP contribution in [0.2, 0.25) is 0 Å². The van der Waals surface area contributed by atoms with Crippen LogP contribution in [-0.4, -0.2) is 137 Å². The maximum absolute atomic E-state index is 14.5. The lowest BCUT2D eigenvalue weighted by atomic mass is 9.81. The van der Waals surface area contributed by atoms with Crippen LogP contribution in [0.5, 0.6) is 0 Å². The Balaban J connectivity index is 1.50. The lowest BCUT2D eigenvalue weighted by Crippen LogP contribution is -2.64. The van der Waals surface area contributed by atoms with Gasteiger partial charge in [0.15, 0.2) is 5.78 Å². The highest BCUT2D eigenvalue weighted by molar-refractivity contribution is 6.39. The molecular weight excluding hydrogens is 863 g/mol. The van der Waals surface area contributed by atoms with E-state index < -0.39 is 84.1 Å². The first kappa shape index (κ1) is 54.0. The van der Waals surface area contributed by atoms with Gasteiger partial charge in [-0.3, -0.25) is 24.2 Å². The third-order valence-corrected chi connectivity index (χ3v) is 14.5. The number of hydrogen-bond donors (Lipinski definition) is 4. The summed E-state index contributed by atoms with van der Waals surface area (Å²) in [7, 11) is 4.59. The molecule has 4 aliphatic rings. The van der Waals surface area contributed by atoms with Crippen molar-refractivity contribution in [2.24, 2.45) is 29.6 Å². The Bertz CT molecular complexity index is 1890. The van der Waals surface area contributed by atoms with Crippen LogP contribution in [0, 0.1) is 29.6 Å². The van der Waals surface area contributed by atoms with Gasteiger partial charge in [0.1, 0.15) is 18.2 Å². The minimum absolute atomic E-state index is 0.0325. The van der Waals surface area contributed by atoms with E-state index in [4.69, 9.17) is 23.7 Å². The highest BCUT2D eigenvalue weighted by Crippen LogP contribution is 2.39. The highest BCUT2D eigenvalue weighted by atomic mass is 16.7. The van der Waals surface area contributed by atoms with Gasteiger partial charge in [-0.05, 0) is 119 Å². The second-order valence-corrected chi connectivity index (χ2v) is 19.7. The molecule has 67 heavy (non-hydrogen) atoms. The maximum Gasteiger partial charge on any atom is 0.329 e. The average Bonchev–Trinajstić information content (AvgIpc) is 3.31. The van der Waals surface area contributed by atoms with E-state index >= 15 is 0 Å². The van der Waals surface area contributed by atoms with Crippen LogP contribution in [0.25, 0.3) is 0 Å². The van der Waals surface area contributed by atoms with Crippen molar-refractivity contribution < 1.29 is 63.0 Å². The number of rotatable bonds is 11. The summed E-state index contributed by atoms with van der Waals surface area (Å²) in [6, 6.07) is 4.29. The molecule has 4 heterocycles. The number of allylic oxidation sites excluding steroid dienone is 3. The third-order valence-electron chi connectivity index (χ3n) is 14.5. The number of amides is 2. The van der Waals surface area contributed by atoms with E-state index in [1.165, 1.54) is 19.1 Å². The molecule has 2 amide bonds. The highest BCUT2D eigenvalue weighted by Gasteiger charge is 2.56. The summed E-state index contributed by atoms with van der Waals surface area (Å²) in [4.78, 5) is 76.0. The van der Waals surface area contributed by atoms with E-state index in [0.29, 0.717) is 62.5 Å². The molecule has 14 atom stereocenters. The number of fused-ring (bicyclic) bond motifs is 3. The predicted molar refractivity (Wildman–Crippen MR) is 248 cm³/mol. The van der Waals surface area contributed by atoms with Crippen molar-refractivity contribution in [1.29, 1.82) is 0 Å². The van der Waals surface area contributed by atoms with E-state index in [0.717, 1.165) is 5.69 Å². The molecule has 1 aromatic rings. The first-order valence-electron chi connectivity index (χ1n) is 24.4. The molecule has 374 valence electrons. The first-order chi connectivity index (χ1) is 31.9. The van der Waals surface area contributed by atoms with Gasteiger partial charge in [-0.15, -0.1) is 0 Å². The Morgan fingerprint density at radius 2 is 1.64 bits per heavy atom. The fourth-order valence-corrected chi connectivity index (χ4v) is 10.5. The third kappa shape index (κ3) is 14.1. The molecule has 16 heteroatoms. The van der Waals surface area contributed by atoms with Crippen molar-refractivity contribution in [3.05, 3.63) is 53.4 Å². The smallest absolute Gasteiger partial charge is 0.329 e. The average molecular weight is 940 g/mol. The van der Waals surface area contributed by atoms with E-state index in [2.05, 4.69) is 10.3 Å². The number of ether oxygens (including phenoxy) is 5. The Labute approximate surface area is 396 Å². The summed E-state index contributed by atoms with van der Waals surface area (Å²) in [5.41, 5.74) is 1.82. The number of aliphatic hydroxyl groups excluding tert-OH is 2. The maximum atomic E-state index is 14.5. The molecule has 0 aromatic carbocycles. The number of ketones is 2. The SMILES string of the molecule is COC1CC(C=C(C)C2OC(=O)C3CCCCN3C(=O)C(=O)C3(O)OC(C(OC)CC(C)CC(C)/C=C(\CCCC(=O)NCc4ccccn4)C(=O)CC(O)C2C)C(OC)CC3C)CCC1O. The van der Waals surface area contributed by atoms with Crippen LogP contribution in [0.4, 0.5) is 0 Å². The Hall–Kier alpha value is -3.90. The van der Waals surface area contributed by atoms with Gasteiger partial charge in [0, 0.05) is 58.7 Å². The number of hydrogen-bond acceptors (Lipinski definition) is 14. The zero-order chi connectivity index (χ0) is 49.0. The van der Waals surface area contributed by atoms with Crippen LogP contribution < -0.4 is 5.32 Å². The standard InChI is InChI=1S/C51H77N3O13/c1-30-22-31(2)24-43(64-7)47-44(65-8)26-33(4)51(62,67-47)48(59)49(60)54-21-12-10-16-38(54)50(61)66-46(32(3)25-35-18-19-39(55)42(27-35)63-6)34(5)40(56)28-41(57)36(23-30)14-13-17-45(58)53-29-37-15-9-11-20-52-37/h9,11,15,20,23,25,30-31,33-35,38-40,42-44,46-47,55-56,62H,10,12-14,16-19,21-22,24,26-29H2,1-8H3,(H,53,58)/b32-25?,36-23+. The van der Waals surface area contributed by atoms with Gasteiger partial charge in [0.25, 0.3) is 11.7 Å². The van der Waals surface area contributed by atoms with Crippen LogP contribution in [0.15, 0.2) is 47.7 Å². The van der Waals surface area contributed by atoms with Gasteiger partial charge >= 0.3 is 5.97 Å². The number of carbonyl (C=O) groups is 5. The Morgan fingerprint density at radius 3 is 2.33 bits per heavy atom. The number of carbonyl (C=O) groups excluding carboxylic acids is 5. The molecule has 2 bridgehead atoms. The van der Waals surface area contributed by atoms with Gasteiger partial charge in [0.2, 0.25) is 11.7 Å². The summed E-state index contributed by atoms with van der Waals surface area (Å²) >= 11 is 0. The zero-order valence-corrected chi connectivity index (χ0v) is 40.9. The molecule has 3 aliphatic heterocycles. The topological polar surface area (TPSA) is 220 Å². The van der Waals surface area contributed by atoms with Crippen molar-refractivity contribution in [2.75, 3.05) is 27.9 Å². The zero-order valence-electron chi connectivity index (χ0n) is 40.9. The van der Waals surface area contributed by atoms with Crippen LogP contribution >= 0.6 is 0 Å². The number of esters is 1. The Kier molecular flexibility index (Phi) is 20.2. The number of pyridine rings is 1. The molecule has 16 nitrogen and oxygen atoms in total. The molecule has 1 aliphatic carbocycles. The van der Waals surface area contributed by atoms with Crippen LogP contribution in [0.3, 0.4) is 0 Å². The summed E-state index contributed by atoms with van der Waals surface area (Å²) < 4.78 is 30.0. The van der Waals surface area contributed by atoms with Crippen molar-refractivity contribution in [1.82, 2.24) is 15.2 Å². The molecule has 14 unspecified atom stereocenters. The fourth-order valence-electron chi connectivity index (χ4n) is 10.5. The number of aliphatic hydroxyl groups is 3. The number of Topliss-reactive ketones (excluding diaryl/α,β-unsaturated/α-hetero) is 2. The van der Waals surface area contributed by atoms with Crippen molar-refractivity contribution in [3.8, 4) is 0 Å². The molecule has 4 N–H and O–H groups in total. The summed E-state index contributed by atoms with van der Waals surface area (Å²) in [6.07, 6.45) is 4.68. The summed E-state index contributed by atoms with van der Waals surface area (Å²) in [5.74, 6) is -7.95. The van der Waals surface area contributed by atoms with Gasteiger partial charge in [-0.2, -0.15) is 0 Å². The normalized spacial score (nSPS) is 36.5. The van der Waals surface area contributed by atoms with Gasteiger partial charge in [-0.25, -0.2) is 4.79 Å². The molecule has 2 saturated heterocycles. The fraction of sp³-hybridized carbons (Fsp3) is 0.725. The minimum Gasteiger partial charge on any atom is -0.456 e. The molecule has 1 saturated carbocycles. The number of nitrogens with zero attached hydrogens (tertiary/aromatic N) is 2. The van der Waals surface area contributed by atoms with Gasteiger partial charge in [0.05, 0.1) is 42.8 Å². The van der Waals surface area contributed by atoms with Crippen LogP contribution in [0.1, 0.15) is 124 Å². The van der Waals surface area contributed by atoms with Gasteiger partial charge < -0.3 is 49.2 Å². The molecule has 0 radical (unpaired) electrons. The number of cyclic esters (lactones) is 1. The first-order valence-corrected chi connectivity index (χ1v) is 24.4. The van der Waals surface area contributed by atoms with Crippen molar-refractivity contribution in [2.45, 2.75) is 179 Å². The largest absolute Gasteiger partial charge is 0.456 e. The van der Waals surface area contributed by atoms with E-state index in [1.54, 1.807) is 40.1 Å². The number of methoxy groups -OCH3 is 3.